The lowest BCUT2D eigenvalue weighted by Crippen LogP contribution is -2.45. The molecule has 1 fully saturated rings. The first-order chi connectivity index (χ1) is 7.25. The van der Waals surface area contributed by atoms with E-state index in [-0.39, 0.29) is 11.9 Å². The molecule has 1 aromatic rings. The zero-order valence-electron chi connectivity index (χ0n) is 8.25. The lowest BCUT2D eigenvalue weighted by Gasteiger charge is -2.23. The van der Waals surface area contributed by atoms with Gasteiger partial charge >= 0.3 is 0 Å². The molecular formula is C10H13BrN2O2. The van der Waals surface area contributed by atoms with Crippen LogP contribution in [-0.4, -0.2) is 25.0 Å². The van der Waals surface area contributed by atoms with Gasteiger partial charge in [0.1, 0.15) is 6.26 Å². The van der Waals surface area contributed by atoms with Crippen molar-refractivity contribution < 1.29 is 9.21 Å². The number of carbonyl (C=O) groups is 1. The Morgan fingerprint density at radius 3 is 3.13 bits per heavy atom. The highest BCUT2D eigenvalue weighted by Gasteiger charge is 2.17. The van der Waals surface area contributed by atoms with Crippen molar-refractivity contribution in [2.75, 3.05) is 13.1 Å². The number of nitrogens with one attached hydrogen (secondary N) is 2. The summed E-state index contributed by atoms with van der Waals surface area (Å²) in [6.45, 7) is 1.90. The Kier molecular flexibility index (Phi) is 3.43. The molecule has 0 bridgehead atoms. The third kappa shape index (κ3) is 2.82. The highest BCUT2D eigenvalue weighted by Crippen LogP contribution is 2.14. The largest absolute Gasteiger partial charge is 0.457 e. The minimum absolute atomic E-state index is 0.0712. The lowest BCUT2D eigenvalue weighted by molar-refractivity contribution is 0.0930. The number of carbonyl (C=O) groups excluding carboxylic acids is 1. The van der Waals surface area contributed by atoms with E-state index in [1.54, 1.807) is 6.07 Å². The third-order valence-corrected chi connectivity index (χ3v) is 2.88. The molecule has 1 aliphatic heterocycles. The molecule has 2 heterocycles. The van der Waals surface area contributed by atoms with E-state index in [1.165, 1.54) is 6.26 Å². The number of furan rings is 1. The van der Waals surface area contributed by atoms with E-state index in [2.05, 4.69) is 26.6 Å². The van der Waals surface area contributed by atoms with Crippen molar-refractivity contribution in [3.05, 3.63) is 22.6 Å². The molecule has 82 valence electrons. The highest BCUT2D eigenvalue weighted by molar-refractivity contribution is 9.10. The normalized spacial score (nSPS) is 21.3. The molecule has 2 N–H and O–H groups in total. The molecule has 0 saturated carbocycles. The van der Waals surface area contributed by atoms with Crippen LogP contribution in [-0.2, 0) is 0 Å². The predicted molar refractivity (Wildman–Crippen MR) is 59.8 cm³/mol. The van der Waals surface area contributed by atoms with Gasteiger partial charge in [-0.2, -0.15) is 0 Å². The average molecular weight is 273 g/mol. The Hall–Kier alpha value is -0.810. The van der Waals surface area contributed by atoms with E-state index in [0.29, 0.717) is 10.2 Å². The van der Waals surface area contributed by atoms with Crippen molar-refractivity contribution in [2.45, 2.75) is 18.9 Å². The molecule has 1 amide bonds. The summed E-state index contributed by atoms with van der Waals surface area (Å²) in [5.41, 5.74) is 0.562. The van der Waals surface area contributed by atoms with Gasteiger partial charge in [0.15, 0.2) is 4.67 Å². The Bertz CT molecular complexity index is 345. The second-order valence-corrected chi connectivity index (χ2v) is 4.44. The fraction of sp³-hybridized carbons (Fsp3) is 0.500. The second kappa shape index (κ2) is 4.81. The van der Waals surface area contributed by atoms with Crippen molar-refractivity contribution in [3.8, 4) is 0 Å². The van der Waals surface area contributed by atoms with Crippen LogP contribution in [0.3, 0.4) is 0 Å². The fourth-order valence-corrected chi connectivity index (χ4v) is 2.01. The van der Waals surface area contributed by atoms with Crippen molar-refractivity contribution in [3.63, 3.8) is 0 Å². The molecule has 1 saturated heterocycles. The third-order valence-electron chi connectivity index (χ3n) is 2.46. The molecular weight excluding hydrogens is 260 g/mol. The first-order valence-electron chi connectivity index (χ1n) is 5.01. The summed E-state index contributed by atoms with van der Waals surface area (Å²) in [7, 11) is 0. The maximum atomic E-state index is 11.7. The van der Waals surface area contributed by atoms with E-state index < -0.39 is 0 Å². The van der Waals surface area contributed by atoms with Crippen molar-refractivity contribution in [2.24, 2.45) is 0 Å². The van der Waals surface area contributed by atoms with E-state index in [4.69, 9.17) is 4.42 Å². The van der Waals surface area contributed by atoms with Crippen LogP contribution in [0.2, 0.25) is 0 Å². The predicted octanol–water partition coefficient (Wildman–Crippen LogP) is 1.52. The first-order valence-corrected chi connectivity index (χ1v) is 5.80. The van der Waals surface area contributed by atoms with Crippen LogP contribution in [0.5, 0.6) is 0 Å². The number of halogens is 1. The Balaban J connectivity index is 1.91. The van der Waals surface area contributed by atoms with Gasteiger partial charge in [-0.25, -0.2) is 0 Å². The van der Waals surface area contributed by atoms with Gasteiger partial charge in [-0.1, -0.05) is 0 Å². The van der Waals surface area contributed by atoms with Gasteiger partial charge in [0, 0.05) is 18.7 Å². The Morgan fingerprint density at radius 2 is 2.53 bits per heavy atom. The summed E-state index contributed by atoms with van der Waals surface area (Å²) < 4.78 is 5.59. The number of piperidine rings is 1. The van der Waals surface area contributed by atoms with Gasteiger partial charge in [-0.3, -0.25) is 4.79 Å². The van der Waals surface area contributed by atoms with Crippen LogP contribution in [0.4, 0.5) is 0 Å². The molecule has 0 unspecified atom stereocenters. The SMILES string of the molecule is O=C(N[C@H]1CCCNC1)c1coc(Br)c1. The van der Waals surface area contributed by atoms with Gasteiger partial charge in [0.2, 0.25) is 0 Å². The molecule has 0 spiro atoms. The molecule has 0 radical (unpaired) electrons. The van der Waals surface area contributed by atoms with Crippen LogP contribution in [0, 0.1) is 0 Å². The minimum atomic E-state index is -0.0712. The Labute approximate surface area is 96.5 Å². The van der Waals surface area contributed by atoms with Crippen LogP contribution in [0.25, 0.3) is 0 Å². The molecule has 4 nitrogen and oxygen atoms in total. The topological polar surface area (TPSA) is 54.3 Å². The smallest absolute Gasteiger partial charge is 0.254 e. The van der Waals surface area contributed by atoms with Gasteiger partial charge in [-0.05, 0) is 35.3 Å². The number of amides is 1. The number of hydrogen-bond acceptors (Lipinski definition) is 3. The van der Waals surface area contributed by atoms with Gasteiger partial charge in [-0.15, -0.1) is 0 Å². The second-order valence-electron chi connectivity index (χ2n) is 3.66. The standard InChI is InChI=1S/C10H13BrN2O2/c11-9-4-7(6-15-9)10(14)13-8-2-1-3-12-5-8/h4,6,8,12H,1-3,5H2,(H,13,14)/t8-/m0/s1. The van der Waals surface area contributed by atoms with Crippen LogP contribution >= 0.6 is 15.9 Å². The molecule has 0 aliphatic carbocycles. The Morgan fingerprint density at radius 1 is 1.67 bits per heavy atom. The van der Waals surface area contributed by atoms with Crippen molar-refractivity contribution >= 4 is 21.8 Å². The van der Waals surface area contributed by atoms with Gasteiger partial charge in [0.25, 0.3) is 5.91 Å². The zero-order chi connectivity index (χ0) is 10.7. The first kappa shape index (κ1) is 10.7. The van der Waals surface area contributed by atoms with Crippen molar-refractivity contribution in [1.82, 2.24) is 10.6 Å². The average Bonchev–Trinajstić information content (AvgIpc) is 2.66. The molecule has 0 aromatic carbocycles. The molecule has 1 atom stereocenters. The monoisotopic (exact) mass is 272 g/mol. The molecule has 1 aliphatic rings. The summed E-state index contributed by atoms with van der Waals surface area (Å²) in [4.78, 5) is 11.7. The highest BCUT2D eigenvalue weighted by atomic mass is 79.9. The van der Waals surface area contributed by atoms with Gasteiger partial charge in [0.05, 0.1) is 5.56 Å². The summed E-state index contributed by atoms with van der Waals surface area (Å²) in [6.07, 6.45) is 3.60. The quantitative estimate of drug-likeness (QED) is 0.859. The van der Waals surface area contributed by atoms with Gasteiger partial charge < -0.3 is 15.1 Å². The molecule has 1 aromatic heterocycles. The number of rotatable bonds is 2. The fourth-order valence-electron chi connectivity index (χ4n) is 1.67. The van der Waals surface area contributed by atoms with E-state index >= 15 is 0 Å². The number of hydrogen-bond donors (Lipinski definition) is 2. The summed E-state index contributed by atoms with van der Waals surface area (Å²) in [5, 5.41) is 6.22. The maximum absolute atomic E-state index is 11.7. The van der Waals surface area contributed by atoms with E-state index in [0.717, 1.165) is 25.9 Å². The van der Waals surface area contributed by atoms with Crippen LogP contribution in [0.1, 0.15) is 23.2 Å². The summed E-state index contributed by atoms with van der Waals surface area (Å²) >= 11 is 3.17. The molecule has 2 rings (SSSR count). The maximum Gasteiger partial charge on any atom is 0.254 e. The van der Waals surface area contributed by atoms with Crippen LogP contribution < -0.4 is 10.6 Å². The zero-order valence-corrected chi connectivity index (χ0v) is 9.84. The summed E-state index contributed by atoms with van der Waals surface area (Å²) in [6, 6.07) is 1.91. The minimum Gasteiger partial charge on any atom is -0.457 e. The van der Waals surface area contributed by atoms with Crippen LogP contribution in [0.15, 0.2) is 21.4 Å². The summed E-state index contributed by atoms with van der Waals surface area (Å²) in [5.74, 6) is -0.0712. The van der Waals surface area contributed by atoms with Crippen molar-refractivity contribution in [1.29, 1.82) is 0 Å². The molecule has 15 heavy (non-hydrogen) atoms. The van der Waals surface area contributed by atoms with E-state index in [1.807, 2.05) is 0 Å². The lowest BCUT2D eigenvalue weighted by atomic mass is 10.1. The van der Waals surface area contributed by atoms with E-state index in [9.17, 15) is 4.79 Å². The molecule has 5 heteroatoms.